The quantitative estimate of drug-likeness (QED) is 0.498. The summed E-state index contributed by atoms with van der Waals surface area (Å²) in [5.41, 5.74) is -0.207. The highest BCUT2D eigenvalue weighted by atomic mass is 35.5. The van der Waals surface area contributed by atoms with Crippen LogP contribution in [0.4, 0.5) is 0 Å². The molecule has 0 spiro atoms. The molecule has 0 N–H and O–H groups in total. The van der Waals surface area contributed by atoms with Gasteiger partial charge in [-0.1, -0.05) is 41.4 Å². The van der Waals surface area contributed by atoms with Gasteiger partial charge < -0.3 is 4.74 Å². The van der Waals surface area contributed by atoms with Crippen LogP contribution in [0, 0.1) is 0 Å². The van der Waals surface area contributed by atoms with E-state index in [4.69, 9.17) is 27.9 Å². The molecule has 0 saturated heterocycles. The van der Waals surface area contributed by atoms with E-state index in [2.05, 4.69) is 5.10 Å². The summed E-state index contributed by atoms with van der Waals surface area (Å²) in [6.07, 6.45) is 0. The second-order valence-electron chi connectivity index (χ2n) is 5.70. The molecule has 3 rings (SSSR count). The van der Waals surface area contributed by atoms with E-state index in [0.717, 1.165) is 0 Å². The molecular weight excluding hydrogens is 363 g/mol. The summed E-state index contributed by atoms with van der Waals surface area (Å²) in [7, 11) is 0. The maximum atomic E-state index is 12.7. The molecule has 1 heterocycles. The molecule has 2 aromatic carbocycles. The maximum absolute atomic E-state index is 12.7. The number of hydrogen-bond donors (Lipinski definition) is 0. The fraction of sp³-hybridized carbons (Fsp3) is 0.167. The Kier molecular flexibility index (Phi) is 4.79. The molecule has 7 heteroatoms. The monoisotopic (exact) mass is 376 g/mol. The van der Waals surface area contributed by atoms with E-state index in [1.807, 2.05) is 13.8 Å². The molecule has 0 atom stereocenters. The van der Waals surface area contributed by atoms with Crippen LogP contribution < -0.4 is 10.3 Å². The van der Waals surface area contributed by atoms with Crippen molar-refractivity contribution >= 4 is 39.9 Å². The second-order valence-corrected chi connectivity index (χ2v) is 6.55. The van der Waals surface area contributed by atoms with Crippen molar-refractivity contribution in [2.24, 2.45) is 0 Å². The summed E-state index contributed by atoms with van der Waals surface area (Å²) < 4.78 is 6.63. The smallest absolute Gasteiger partial charge is 0.364 e. The van der Waals surface area contributed by atoms with Crippen LogP contribution in [0.3, 0.4) is 0 Å². The lowest BCUT2D eigenvalue weighted by atomic mass is 10.1. The Morgan fingerprint density at radius 1 is 1.12 bits per heavy atom. The van der Waals surface area contributed by atoms with E-state index >= 15 is 0 Å². The lowest BCUT2D eigenvalue weighted by molar-refractivity contribution is 0.0728. The van der Waals surface area contributed by atoms with Crippen LogP contribution in [0.25, 0.3) is 10.8 Å². The third-order valence-corrected chi connectivity index (χ3v) is 4.14. The molecular formula is C18H14Cl2N2O3. The lowest BCUT2D eigenvalue weighted by Gasteiger charge is -2.13. The topological polar surface area (TPSA) is 61.2 Å². The Morgan fingerprint density at radius 3 is 2.44 bits per heavy atom. The van der Waals surface area contributed by atoms with E-state index in [0.29, 0.717) is 15.8 Å². The summed E-state index contributed by atoms with van der Waals surface area (Å²) in [5.74, 6) is -0.529. The average molecular weight is 377 g/mol. The van der Waals surface area contributed by atoms with Gasteiger partial charge in [-0.25, -0.2) is 9.48 Å². The van der Waals surface area contributed by atoms with Crippen molar-refractivity contribution in [3.63, 3.8) is 0 Å². The molecule has 1 aromatic heterocycles. The molecule has 0 aliphatic rings. The van der Waals surface area contributed by atoms with Gasteiger partial charge >= 0.3 is 5.97 Å². The molecule has 0 bridgehead atoms. The van der Waals surface area contributed by atoms with Gasteiger partial charge in [0, 0.05) is 10.4 Å². The van der Waals surface area contributed by atoms with Crippen molar-refractivity contribution in [1.82, 2.24) is 9.78 Å². The van der Waals surface area contributed by atoms with Gasteiger partial charge in [-0.3, -0.25) is 4.79 Å². The molecule has 0 aliphatic carbocycles. The van der Waals surface area contributed by atoms with Crippen LogP contribution >= 0.6 is 23.2 Å². The highest BCUT2D eigenvalue weighted by Gasteiger charge is 2.20. The maximum Gasteiger partial charge on any atom is 0.364 e. The highest BCUT2D eigenvalue weighted by Crippen LogP contribution is 2.28. The minimum atomic E-state index is -0.699. The fourth-order valence-electron chi connectivity index (χ4n) is 2.41. The van der Waals surface area contributed by atoms with Crippen molar-refractivity contribution in [3.05, 3.63) is 68.6 Å². The first-order valence-corrected chi connectivity index (χ1v) is 8.33. The minimum Gasteiger partial charge on any atom is -0.420 e. The Hall–Kier alpha value is -2.37. The number of esters is 1. The first-order chi connectivity index (χ1) is 11.9. The zero-order chi connectivity index (χ0) is 18.1. The van der Waals surface area contributed by atoms with Crippen molar-refractivity contribution in [2.75, 3.05) is 0 Å². The molecule has 0 saturated carbocycles. The van der Waals surface area contributed by atoms with Crippen molar-refractivity contribution in [2.45, 2.75) is 19.9 Å². The van der Waals surface area contributed by atoms with Gasteiger partial charge in [0.05, 0.1) is 16.5 Å². The number of carbonyl (C=O) groups is 1. The number of benzene rings is 2. The minimum absolute atomic E-state index is 0.0508. The fourth-order valence-corrected chi connectivity index (χ4v) is 2.86. The molecule has 5 nitrogen and oxygen atoms in total. The van der Waals surface area contributed by atoms with Gasteiger partial charge in [0.25, 0.3) is 5.56 Å². The molecule has 128 valence electrons. The summed E-state index contributed by atoms with van der Waals surface area (Å²) in [5, 5.41) is 5.68. The first-order valence-electron chi connectivity index (χ1n) is 7.57. The van der Waals surface area contributed by atoms with Gasteiger partial charge in [0.15, 0.2) is 5.69 Å². The Labute approximate surface area is 153 Å². The van der Waals surface area contributed by atoms with E-state index in [1.165, 1.54) is 16.8 Å². The number of aromatic nitrogens is 2. The highest BCUT2D eigenvalue weighted by molar-refractivity contribution is 6.35. The molecule has 25 heavy (non-hydrogen) atoms. The number of fused-ring (bicyclic) bond motifs is 1. The van der Waals surface area contributed by atoms with Gasteiger partial charge in [0.2, 0.25) is 0 Å². The SMILES string of the molecule is CC(C)n1nc(C(=O)Oc2ccc(Cl)cc2Cl)c2ccccc2c1=O. The predicted octanol–water partition coefficient (Wildman–Crippen LogP) is 4.50. The number of rotatable bonds is 3. The molecule has 3 aromatic rings. The summed E-state index contributed by atoms with van der Waals surface area (Å²) in [6.45, 7) is 3.63. The Balaban J connectivity index is 2.12. The predicted molar refractivity (Wildman–Crippen MR) is 97.8 cm³/mol. The van der Waals surface area contributed by atoms with Crippen LogP contribution in [-0.4, -0.2) is 15.7 Å². The number of hydrogen-bond acceptors (Lipinski definition) is 4. The largest absolute Gasteiger partial charge is 0.420 e. The molecule has 0 aliphatic heterocycles. The lowest BCUT2D eigenvalue weighted by Crippen LogP contribution is -2.28. The van der Waals surface area contributed by atoms with Crippen molar-refractivity contribution < 1.29 is 9.53 Å². The summed E-state index contributed by atoms with van der Waals surface area (Å²) in [6, 6.07) is 11.1. The van der Waals surface area contributed by atoms with E-state index < -0.39 is 5.97 Å². The van der Waals surface area contributed by atoms with Gasteiger partial charge in [-0.15, -0.1) is 0 Å². The van der Waals surface area contributed by atoms with E-state index in [-0.39, 0.29) is 28.1 Å². The van der Waals surface area contributed by atoms with Crippen LogP contribution in [-0.2, 0) is 0 Å². The molecule has 0 amide bonds. The first kappa shape index (κ1) is 17.5. The van der Waals surface area contributed by atoms with Crippen LogP contribution in [0.5, 0.6) is 5.75 Å². The van der Waals surface area contributed by atoms with Gasteiger partial charge in [-0.2, -0.15) is 5.10 Å². The van der Waals surface area contributed by atoms with Gasteiger partial charge in [0.1, 0.15) is 5.75 Å². The van der Waals surface area contributed by atoms with Crippen LogP contribution in [0.1, 0.15) is 30.4 Å². The number of nitrogens with zero attached hydrogens (tertiary/aromatic N) is 2. The Morgan fingerprint density at radius 2 is 1.80 bits per heavy atom. The number of ether oxygens (including phenoxy) is 1. The van der Waals surface area contributed by atoms with Crippen molar-refractivity contribution in [1.29, 1.82) is 0 Å². The molecule has 0 unspecified atom stereocenters. The van der Waals surface area contributed by atoms with Gasteiger partial charge in [-0.05, 0) is 38.1 Å². The molecule has 0 radical (unpaired) electrons. The second kappa shape index (κ2) is 6.86. The number of halogens is 2. The van der Waals surface area contributed by atoms with E-state index in [1.54, 1.807) is 30.3 Å². The zero-order valence-electron chi connectivity index (χ0n) is 13.5. The average Bonchev–Trinajstić information content (AvgIpc) is 2.57. The Bertz CT molecular complexity index is 1030. The summed E-state index contributed by atoms with van der Waals surface area (Å²) in [4.78, 5) is 25.2. The normalized spacial score (nSPS) is 11.1. The van der Waals surface area contributed by atoms with Crippen molar-refractivity contribution in [3.8, 4) is 5.75 Å². The zero-order valence-corrected chi connectivity index (χ0v) is 15.0. The summed E-state index contributed by atoms with van der Waals surface area (Å²) >= 11 is 11.9. The van der Waals surface area contributed by atoms with Crippen LogP contribution in [0.15, 0.2) is 47.3 Å². The van der Waals surface area contributed by atoms with Crippen LogP contribution in [0.2, 0.25) is 10.0 Å². The number of carbonyl (C=O) groups excluding carboxylic acids is 1. The van der Waals surface area contributed by atoms with E-state index in [9.17, 15) is 9.59 Å². The third kappa shape index (κ3) is 3.38. The molecule has 0 fully saturated rings. The third-order valence-electron chi connectivity index (χ3n) is 3.61. The standard InChI is InChI=1S/C18H14Cl2N2O3/c1-10(2)22-17(23)13-6-4-3-5-12(13)16(21-22)18(24)25-15-8-7-11(19)9-14(15)20/h3-10H,1-2H3.